The van der Waals surface area contributed by atoms with Crippen molar-refractivity contribution in [1.29, 1.82) is 0 Å². The molecule has 0 saturated heterocycles. The van der Waals surface area contributed by atoms with Gasteiger partial charge >= 0.3 is 0 Å². The van der Waals surface area contributed by atoms with Gasteiger partial charge in [0.1, 0.15) is 10.6 Å². The van der Waals surface area contributed by atoms with Crippen LogP contribution in [0.1, 0.15) is 5.56 Å². The Bertz CT molecular complexity index is 916. The molecule has 1 heterocycles. The Balaban J connectivity index is 2.22. The molecule has 116 valence electrons. The molecule has 0 aliphatic carbocycles. The minimum absolute atomic E-state index is 0.105. The number of nitrogens with zero attached hydrogens (tertiary/aromatic N) is 1. The van der Waals surface area contributed by atoms with E-state index in [1.807, 2.05) is 30.3 Å². The normalized spacial score (nSPS) is 10.7. The molecule has 0 atom stereocenters. The summed E-state index contributed by atoms with van der Waals surface area (Å²) in [5.41, 5.74) is 2.04. The van der Waals surface area contributed by atoms with Crippen LogP contribution in [0.25, 0.3) is 21.7 Å². The first-order valence-electron chi connectivity index (χ1n) is 6.73. The third kappa shape index (κ3) is 3.11. The molecule has 6 heteroatoms. The van der Waals surface area contributed by atoms with Crippen molar-refractivity contribution >= 4 is 34.5 Å². The Morgan fingerprint density at radius 3 is 2.39 bits per heavy atom. The lowest BCUT2D eigenvalue weighted by atomic mass is 10.0. The van der Waals surface area contributed by atoms with E-state index < -0.39 is 0 Å². The lowest BCUT2D eigenvalue weighted by molar-refractivity contribution is 0.457. The first-order valence-corrected chi connectivity index (χ1v) is 8.30. The van der Waals surface area contributed by atoms with E-state index >= 15 is 0 Å². The van der Waals surface area contributed by atoms with Crippen LogP contribution in [0.3, 0.4) is 0 Å². The van der Waals surface area contributed by atoms with Gasteiger partial charge in [-0.05, 0) is 24.6 Å². The second-order valence-electron chi connectivity index (χ2n) is 4.95. The molecule has 2 aromatic carbocycles. The molecule has 0 radical (unpaired) electrons. The molecule has 0 aliphatic heterocycles. The van der Waals surface area contributed by atoms with Crippen molar-refractivity contribution in [3.8, 4) is 27.6 Å². The van der Waals surface area contributed by atoms with Gasteiger partial charge in [0.05, 0.1) is 5.02 Å². The first kappa shape index (κ1) is 16.0. The lowest BCUT2D eigenvalue weighted by Gasteiger charge is -2.10. The molecule has 0 spiro atoms. The number of aromatic hydroxyl groups is 1. The van der Waals surface area contributed by atoms with Gasteiger partial charge in [0.15, 0.2) is 0 Å². The van der Waals surface area contributed by atoms with E-state index in [-0.39, 0.29) is 16.2 Å². The average Bonchev–Trinajstić information content (AvgIpc) is 2.49. The molecule has 1 aromatic heterocycles. The van der Waals surface area contributed by atoms with Crippen LogP contribution in [-0.4, -0.2) is 10.1 Å². The third-order valence-electron chi connectivity index (χ3n) is 3.35. The Morgan fingerprint density at radius 2 is 1.78 bits per heavy atom. The average molecular weight is 364 g/mol. The maximum atomic E-state index is 12.6. The minimum atomic E-state index is -0.333. The van der Waals surface area contributed by atoms with Crippen molar-refractivity contribution in [3.63, 3.8) is 0 Å². The van der Waals surface area contributed by atoms with Crippen molar-refractivity contribution < 1.29 is 5.11 Å². The summed E-state index contributed by atoms with van der Waals surface area (Å²) in [7, 11) is 0. The molecule has 0 fully saturated rings. The second kappa shape index (κ2) is 6.32. The molecule has 23 heavy (non-hydrogen) atoms. The van der Waals surface area contributed by atoms with Crippen molar-refractivity contribution in [3.05, 3.63) is 67.6 Å². The van der Waals surface area contributed by atoms with Crippen LogP contribution in [-0.2, 0) is 0 Å². The zero-order valence-corrected chi connectivity index (χ0v) is 14.3. The second-order valence-corrected chi connectivity index (χ2v) is 6.76. The van der Waals surface area contributed by atoms with E-state index in [1.54, 1.807) is 19.1 Å². The largest absolute Gasteiger partial charge is 0.493 e. The lowest BCUT2D eigenvalue weighted by Crippen LogP contribution is -2.04. The van der Waals surface area contributed by atoms with Gasteiger partial charge in [0.2, 0.25) is 10.6 Å². The van der Waals surface area contributed by atoms with E-state index in [2.05, 4.69) is 4.98 Å². The quantitative estimate of drug-likeness (QED) is 0.684. The predicted molar refractivity (Wildman–Crippen MR) is 95.7 cm³/mol. The molecule has 0 amide bonds. The smallest absolute Gasteiger partial charge is 0.247 e. The Kier molecular flexibility index (Phi) is 4.39. The summed E-state index contributed by atoms with van der Waals surface area (Å²) >= 11 is 13.1. The fraction of sp³-hybridized carbons (Fsp3) is 0.0588. The van der Waals surface area contributed by atoms with E-state index in [9.17, 15) is 9.90 Å². The molecule has 0 bridgehead atoms. The van der Waals surface area contributed by atoms with Crippen molar-refractivity contribution in [2.45, 2.75) is 6.92 Å². The summed E-state index contributed by atoms with van der Waals surface area (Å²) in [5.74, 6) is -0.333. The maximum absolute atomic E-state index is 12.6. The van der Waals surface area contributed by atoms with Gasteiger partial charge in [-0.2, -0.15) is 0 Å². The predicted octanol–water partition coefficient (Wildman–Crippen LogP) is 5.16. The molecule has 3 rings (SSSR count). The number of halogens is 2. The van der Waals surface area contributed by atoms with E-state index in [4.69, 9.17) is 23.2 Å². The third-order valence-corrected chi connectivity index (χ3v) is 4.77. The van der Waals surface area contributed by atoms with E-state index in [0.717, 1.165) is 16.9 Å². The molecule has 3 nitrogen and oxygen atoms in total. The number of benzene rings is 2. The molecule has 0 aliphatic rings. The topological polar surface area (TPSA) is 50.2 Å². The van der Waals surface area contributed by atoms with Gasteiger partial charge < -0.3 is 5.11 Å². The van der Waals surface area contributed by atoms with E-state index in [0.29, 0.717) is 26.2 Å². The summed E-state index contributed by atoms with van der Waals surface area (Å²) in [6.45, 7) is 1.78. The summed E-state index contributed by atoms with van der Waals surface area (Å²) < 4.78 is -0.302. The van der Waals surface area contributed by atoms with Gasteiger partial charge in [0, 0.05) is 16.1 Å². The zero-order valence-electron chi connectivity index (χ0n) is 12.0. The van der Waals surface area contributed by atoms with E-state index in [1.165, 1.54) is 0 Å². The van der Waals surface area contributed by atoms with Crippen LogP contribution in [0.5, 0.6) is 5.88 Å². The Hall–Kier alpha value is -1.88. The van der Waals surface area contributed by atoms with Gasteiger partial charge in [0.25, 0.3) is 0 Å². The first-order chi connectivity index (χ1) is 11.0. The summed E-state index contributed by atoms with van der Waals surface area (Å²) in [5, 5.41) is 11.5. The maximum Gasteiger partial charge on any atom is 0.247 e. The highest BCUT2D eigenvalue weighted by Gasteiger charge is 2.19. The molecule has 1 N–H and O–H groups in total. The summed E-state index contributed by atoms with van der Waals surface area (Å²) in [4.78, 5) is 16.7. The highest BCUT2D eigenvalue weighted by atomic mass is 35.5. The van der Waals surface area contributed by atoms with Crippen molar-refractivity contribution in [2.24, 2.45) is 0 Å². The van der Waals surface area contributed by atoms with Crippen molar-refractivity contribution in [2.75, 3.05) is 0 Å². The van der Waals surface area contributed by atoms with Crippen LogP contribution >= 0.6 is 34.5 Å². The molecule has 3 aromatic rings. The highest BCUT2D eigenvalue weighted by Crippen LogP contribution is 2.37. The minimum Gasteiger partial charge on any atom is -0.493 e. The Labute approximate surface area is 146 Å². The molecule has 0 unspecified atom stereocenters. The molecular weight excluding hydrogens is 353 g/mol. The highest BCUT2D eigenvalue weighted by molar-refractivity contribution is 7.12. The van der Waals surface area contributed by atoms with Crippen LogP contribution < -0.4 is 4.74 Å². The summed E-state index contributed by atoms with van der Waals surface area (Å²) in [6, 6.07) is 12.5. The number of rotatable bonds is 2. The fourth-order valence-electron chi connectivity index (χ4n) is 2.34. The number of aromatic nitrogens is 1. The van der Waals surface area contributed by atoms with Crippen LogP contribution in [0.15, 0.2) is 47.3 Å². The van der Waals surface area contributed by atoms with Crippen molar-refractivity contribution in [1.82, 2.24) is 4.98 Å². The summed E-state index contributed by atoms with van der Waals surface area (Å²) in [6.07, 6.45) is 0. The van der Waals surface area contributed by atoms with Gasteiger partial charge in [-0.25, -0.2) is 4.98 Å². The SMILES string of the molecule is Cc1cc(Cl)cc(Cl)c1-c1c(O)nc(-c2ccccc2)sc1=O. The standard InChI is InChI=1S/C17H11Cl2NO2S/c1-9-7-11(18)8-12(19)13(9)14-15(21)20-16(23-17(14)22)10-5-3-2-4-6-10/h2-8,21H,1H3. The molecular formula is C17H11Cl2NO2S. The van der Waals surface area contributed by atoms with Gasteiger partial charge in [-0.15, -0.1) is 0 Å². The fourth-order valence-corrected chi connectivity index (χ4v) is 3.89. The van der Waals surface area contributed by atoms with Crippen LogP contribution in [0, 0.1) is 6.92 Å². The monoisotopic (exact) mass is 363 g/mol. The number of aryl methyl sites for hydroxylation is 1. The van der Waals surface area contributed by atoms with Crippen LogP contribution in [0.4, 0.5) is 0 Å². The van der Waals surface area contributed by atoms with Crippen LogP contribution in [0.2, 0.25) is 10.0 Å². The Morgan fingerprint density at radius 1 is 1.09 bits per heavy atom. The van der Waals surface area contributed by atoms with Gasteiger partial charge in [-0.1, -0.05) is 64.9 Å². The molecule has 0 saturated carbocycles. The van der Waals surface area contributed by atoms with Gasteiger partial charge in [-0.3, -0.25) is 4.79 Å². The number of hydrogen-bond donors (Lipinski definition) is 1. The zero-order chi connectivity index (χ0) is 16.6. The number of hydrogen-bond acceptors (Lipinski definition) is 4.